The van der Waals surface area contributed by atoms with Crippen LogP contribution in [0.5, 0.6) is 0 Å². The molecule has 0 amide bonds. The van der Waals surface area contributed by atoms with Crippen LogP contribution in [0, 0.1) is 0 Å². The summed E-state index contributed by atoms with van der Waals surface area (Å²) in [7, 11) is 0. The molecule has 0 fully saturated rings. The highest BCUT2D eigenvalue weighted by Gasteiger charge is 2.17. The average Bonchev–Trinajstić information content (AvgIpc) is 2.27. The Bertz CT molecular complexity index is 609. The number of carboxylic acids is 2. The first-order valence-corrected chi connectivity index (χ1v) is 4.78. The summed E-state index contributed by atoms with van der Waals surface area (Å²) in [4.78, 5) is 29.5. The van der Waals surface area contributed by atoms with E-state index in [1.54, 1.807) is 24.3 Å². The third-order valence-electron chi connectivity index (χ3n) is 2.16. The molecule has 0 saturated heterocycles. The summed E-state index contributed by atoms with van der Waals surface area (Å²) < 4.78 is 0. The van der Waals surface area contributed by atoms with Gasteiger partial charge in [0.25, 0.3) is 0 Å². The lowest BCUT2D eigenvalue weighted by atomic mass is 10.2. The molecule has 1 aromatic heterocycles. The number of aromatic carboxylic acids is 1. The van der Waals surface area contributed by atoms with E-state index in [9.17, 15) is 9.59 Å². The van der Waals surface area contributed by atoms with Crippen LogP contribution in [0.2, 0.25) is 0 Å². The molecule has 6 nitrogen and oxygen atoms in total. The smallest absolute Gasteiger partial charge is 0.356 e. The summed E-state index contributed by atoms with van der Waals surface area (Å²) in [6.45, 7) is 0. The quantitative estimate of drug-likeness (QED) is 0.817. The summed E-state index contributed by atoms with van der Waals surface area (Å²) in [5.41, 5.74) is 0.558. The van der Waals surface area contributed by atoms with Crippen LogP contribution >= 0.6 is 0 Å². The van der Waals surface area contributed by atoms with Gasteiger partial charge in [0.05, 0.1) is 23.1 Å². The monoisotopic (exact) mass is 232 g/mol. The van der Waals surface area contributed by atoms with E-state index in [4.69, 9.17) is 10.2 Å². The molecular weight excluding hydrogens is 224 g/mol. The van der Waals surface area contributed by atoms with Gasteiger partial charge in [-0.3, -0.25) is 4.79 Å². The molecule has 2 aromatic rings. The Hall–Kier alpha value is -2.50. The van der Waals surface area contributed by atoms with Crippen LogP contribution in [0.4, 0.5) is 0 Å². The van der Waals surface area contributed by atoms with Gasteiger partial charge in [-0.2, -0.15) is 0 Å². The topological polar surface area (TPSA) is 100 Å². The van der Waals surface area contributed by atoms with Gasteiger partial charge in [0.15, 0.2) is 5.69 Å². The van der Waals surface area contributed by atoms with Gasteiger partial charge in [0, 0.05) is 0 Å². The zero-order valence-electron chi connectivity index (χ0n) is 8.62. The Morgan fingerprint density at radius 3 is 2.18 bits per heavy atom. The number of fused-ring (bicyclic) bond motifs is 1. The molecule has 0 aliphatic carbocycles. The number of hydrogen-bond donors (Lipinski definition) is 2. The second kappa shape index (κ2) is 4.17. The lowest BCUT2D eigenvalue weighted by Crippen LogP contribution is -2.12. The molecule has 17 heavy (non-hydrogen) atoms. The van der Waals surface area contributed by atoms with Crippen molar-refractivity contribution in [1.29, 1.82) is 0 Å². The predicted molar refractivity (Wildman–Crippen MR) is 57.8 cm³/mol. The van der Waals surface area contributed by atoms with Gasteiger partial charge < -0.3 is 10.2 Å². The van der Waals surface area contributed by atoms with Gasteiger partial charge >= 0.3 is 11.9 Å². The molecule has 2 N–H and O–H groups in total. The second-order valence-electron chi connectivity index (χ2n) is 3.38. The normalized spacial score (nSPS) is 10.4. The van der Waals surface area contributed by atoms with Gasteiger partial charge in [-0.15, -0.1) is 0 Å². The summed E-state index contributed by atoms with van der Waals surface area (Å²) in [5, 5.41) is 17.6. The highest BCUT2D eigenvalue weighted by Crippen LogP contribution is 2.13. The van der Waals surface area contributed by atoms with Crippen LogP contribution in [0.25, 0.3) is 11.0 Å². The number of rotatable bonds is 3. The van der Waals surface area contributed by atoms with Gasteiger partial charge in [-0.05, 0) is 12.1 Å². The third-order valence-corrected chi connectivity index (χ3v) is 2.16. The first-order chi connectivity index (χ1) is 8.08. The van der Waals surface area contributed by atoms with Crippen LogP contribution in [0.15, 0.2) is 24.3 Å². The maximum absolute atomic E-state index is 11.0. The highest BCUT2D eigenvalue weighted by molar-refractivity contribution is 5.91. The van der Waals surface area contributed by atoms with Crippen molar-refractivity contribution in [2.24, 2.45) is 0 Å². The fraction of sp³-hybridized carbons (Fsp3) is 0.0909. The minimum Gasteiger partial charge on any atom is -0.481 e. The van der Waals surface area contributed by atoms with E-state index in [-0.39, 0.29) is 11.4 Å². The molecule has 0 aliphatic heterocycles. The summed E-state index contributed by atoms with van der Waals surface area (Å²) in [6, 6.07) is 6.71. The van der Waals surface area contributed by atoms with Crippen LogP contribution < -0.4 is 0 Å². The maximum atomic E-state index is 11.0. The molecule has 0 saturated carbocycles. The van der Waals surface area contributed by atoms with Crippen LogP contribution in [0.3, 0.4) is 0 Å². The summed E-state index contributed by atoms with van der Waals surface area (Å²) in [6.07, 6.45) is -0.459. The van der Waals surface area contributed by atoms with Crippen molar-refractivity contribution < 1.29 is 19.8 Å². The lowest BCUT2D eigenvalue weighted by molar-refractivity contribution is -0.136. The van der Waals surface area contributed by atoms with Crippen LogP contribution in [0.1, 0.15) is 16.2 Å². The fourth-order valence-electron chi connectivity index (χ4n) is 1.47. The van der Waals surface area contributed by atoms with Crippen molar-refractivity contribution in [2.45, 2.75) is 6.42 Å². The van der Waals surface area contributed by atoms with E-state index in [1.165, 1.54) is 0 Å². The number of aromatic nitrogens is 2. The van der Waals surface area contributed by atoms with Crippen molar-refractivity contribution in [3.8, 4) is 0 Å². The second-order valence-corrected chi connectivity index (χ2v) is 3.38. The van der Waals surface area contributed by atoms with Crippen molar-refractivity contribution in [2.75, 3.05) is 0 Å². The Morgan fingerprint density at radius 2 is 1.65 bits per heavy atom. The summed E-state index contributed by atoms with van der Waals surface area (Å²) in [5.74, 6) is -2.42. The minimum absolute atomic E-state index is 0.0382. The van der Waals surface area contributed by atoms with Gasteiger partial charge in [0.2, 0.25) is 0 Å². The van der Waals surface area contributed by atoms with Gasteiger partial charge in [-0.1, -0.05) is 12.1 Å². The third kappa shape index (κ3) is 2.20. The van der Waals surface area contributed by atoms with Crippen molar-refractivity contribution in [3.63, 3.8) is 0 Å². The van der Waals surface area contributed by atoms with E-state index in [2.05, 4.69) is 9.97 Å². The molecule has 1 aromatic carbocycles. The Morgan fingerprint density at radius 1 is 1.06 bits per heavy atom. The van der Waals surface area contributed by atoms with Crippen molar-refractivity contribution in [3.05, 3.63) is 35.7 Å². The molecular formula is C11H8N2O4. The number of hydrogen-bond acceptors (Lipinski definition) is 4. The minimum atomic E-state index is -1.28. The number of carboxylic acid groups (broad SMARTS) is 2. The van der Waals surface area contributed by atoms with Gasteiger partial charge in [0.1, 0.15) is 0 Å². The molecule has 0 aliphatic rings. The molecule has 0 atom stereocenters. The molecule has 0 bridgehead atoms. The zero-order chi connectivity index (χ0) is 12.4. The largest absolute Gasteiger partial charge is 0.481 e. The first kappa shape index (κ1) is 11.0. The van der Waals surface area contributed by atoms with Crippen molar-refractivity contribution in [1.82, 2.24) is 9.97 Å². The molecule has 86 valence electrons. The molecule has 1 heterocycles. The zero-order valence-corrected chi connectivity index (χ0v) is 8.62. The van der Waals surface area contributed by atoms with Gasteiger partial charge in [-0.25, -0.2) is 14.8 Å². The van der Waals surface area contributed by atoms with E-state index in [1.807, 2.05) is 0 Å². The van der Waals surface area contributed by atoms with Crippen LogP contribution in [-0.4, -0.2) is 32.1 Å². The fourth-order valence-corrected chi connectivity index (χ4v) is 1.47. The first-order valence-electron chi connectivity index (χ1n) is 4.78. The number of carbonyl (C=O) groups is 2. The van der Waals surface area contributed by atoms with E-state index in [0.29, 0.717) is 11.0 Å². The Balaban J connectivity index is 2.66. The van der Waals surface area contributed by atoms with Crippen molar-refractivity contribution >= 4 is 23.0 Å². The SMILES string of the molecule is O=C(O)Cc1nc2ccccc2nc1C(=O)O. The average molecular weight is 232 g/mol. The molecule has 0 unspecified atom stereocenters. The number of nitrogens with zero attached hydrogens (tertiary/aromatic N) is 2. The summed E-state index contributed by atoms with van der Waals surface area (Å²) >= 11 is 0. The standard InChI is InChI=1S/C11H8N2O4/c14-9(15)5-8-10(11(16)17)13-7-4-2-1-3-6(7)12-8/h1-4H,5H2,(H,14,15)(H,16,17). The van der Waals surface area contributed by atoms with E-state index >= 15 is 0 Å². The maximum Gasteiger partial charge on any atom is 0.356 e. The Kier molecular flexibility index (Phi) is 2.70. The van der Waals surface area contributed by atoms with E-state index in [0.717, 1.165) is 0 Å². The highest BCUT2D eigenvalue weighted by atomic mass is 16.4. The predicted octanol–water partition coefficient (Wildman–Crippen LogP) is 0.955. The molecule has 0 radical (unpaired) electrons. The lowest BCUT2D eigenvalue weighted by Gasteiger charge is -2.04. The molecule has 2 rings (SSSR count). The van der Waals surface area contributed by atoms with E-state index < -0.39 is 18.4 Å². The molecule has 6 heteroatoms. The number of aliphatic carboxylic acids is 1. The Labute approximate surface area is 95.6 Å². The van der Waals surface area contributed by atoms with Crippen LogP contribution in [-0.2, 0) is 11.2 Å². The molecule has 0 spiro atoms. The number of para-hydroxylation sites is 2. The number of benzene rings is 1.